The van der Waals surface area contributed by atoms with E-state index in [0.717, 1.165) is 24.8 Å². The maximum atomic E-state index is 10.5. The van der Waals surface area contributed by atoms with Crippen LogP contribution in [0.2, 0.25) is 0 Å². The molecule has 0 aromatic rings. The van der Waals surface area contributed by atoms with Crippen molar-refractivity contribution in [2.45, 2.75) is 109 Å². The molecule has 0 aromatic carbocycles. The highest BCUT2D eigenvalue weighted by Crippen LogP contribution is 2.30. The molecular formula is C20H39NO2. The van der Waals surface area contributed by atoms with Crippen LogP contribution < -0.4 is 5.32 Å². The third-order valence-corrected chi connectivity index (χ3v) is 5.31. The summed E-state index contributed by atoms with van der Waals surface area (Å²) in [5.41, 5.74) is 0. The van der Waals surface area contributed by atoms with Gasteiger partial charge in [0.1, 0.15) is 0 Å². The molecule has 0 aromatic heterocycles. The summed E-state index contributed by atoms with van der Waals surface area (Å²) in [4.78, 5) is 10.5. The van der Waals surface area contributed by atoms with Crippen LogP contribution in [0.5, 0.6) is 0 Å². The minimum Gasteiger partial charge on any atom is -0.481 e. The number of carboxylic acids is 1. The average Bonchev–Trinajstić information content (AvgIpc) is 2.97. The summed E-state index contributed by atoms with van der Waals surface area (Å²) >= 11 is 0. The van der Waals surface area contributed by atoms with E-state index in [4.69, 9.17) is 5.11 Å². The number of carbonyl (C=O) groups is 1. The van der Waals surface area contributed by atoms with E-state index in [1.807, 2.05) is 0 Å². The van der Waals surface area contributed by atoms with Gasteiger partial charge < -0.3 is 10.4 Å². The van der Waals surface area contributed by atoms with Gasteiger partial charge in [-0.05, 0) is 44.6 Å². The van der Waals surface area contributed by atoms with Crippen molar-refractivity contribution in [1.82, 2.24) is 5.32 Å². The molecule has 0 bridgehead atoms. The molecule has 1 fully saturated rings. The number of hydrogen-bond acceptors (Lipinski definition) is 2. The Bertz CT molecular complexity index is 293. The predicted molar refractivity (Wildman–Crippen MR) is 97.8 cm³/mol. The van der Waals surface area contributed by atoms with E-state index in [-0.39, 0.29) is 0 Å². The zero-order chi connectivity index (χ0) is 16.8. The van der Waals surface area contributed by atoms with Gasteiger partial charge in [-0.3, -0.25) is 4.79 Å². The van der Waals surface area contributed by atoms with Crippen molar-refractivity contribution >= 4 is 5.97 Å². The summed E-state index contributed by atoms with van der Waals surface area (Å²) in [5.74, 6) is 0.217. The minimum atomic E-state index is -0.653. The fourth-order valence-corrected chi connectivity index (χ4v) is 3.88. The van der Waals surface area contributed by atoms with Crippen molar-refractivity contribution in [2.75, 3.05) is 6.54 Å². The quantitative estimate of drug-likeness (QED) is 0.389. The van der Waals surface area contributed by atoms with Crippen LogP contribution in [0.25, 0.3) is 0 Å². The van der Waals surface area contributed by atoms with Crippen LogP contribution in [-0.4, -0.2) is 23.7 Å². The van der Waals surface area contributed by atoms with Gasteiger partial charge in [-0.1, -0.05) is 64.7 Å². The molecule has 1 saturated carbocycles. The molecule has 0 amide bonds. The van der Waals surface area contributed by atoms with Gasteiger partial charge >= 0.3 is 5.97 Å². The molecule has 1 aliphatic carbocycles. The van der Waals surface area contributed by atoms with Crippen molar-refractivity contribution in [3.8, 4) is 0 Å². The second-order valence-electron chi connectivity index (χ2n) is 7.37. The number of rotatable bonds is 15. The Morgan fingerprint density at radius 1 is 0.957 bits per heavy atom. The highest BCUT2D eigenvalue weighted by molar-refractivity contribution is 5.66. The Morgan fingerprint density at radius 2 is 1.65 bits per heavy atom. The fourth-order valence-electron chi connectivity index (χ4n) is 3.88. The lowest BCUT2D eigenvalue weighted by Crippen LogP contribution is -2.33. The molecule has 0 unspecified atom stereocenters. The Kier molecular flexibility index (Phi) is 12.3. The van der Waals surface area contributed by atoms with Crippen molar-refractivity contribution in [1.29, 1.82) is 0 Å². The van der Waals surface area contributed by atoms with Crippen LogP contribution in [-0.2, 0) is 4.79 Å². The highest BCUT2D eigenvalue weighted by atomic mass is 16.4. The Hall–Kier alpha value is -0.570. The smallest absolute Gasteiger partial charge is 0.303 e. The van der Waals surface area contributed by atoms with Crippen molar-refractivity contribution in [2.24, 2.45) is 5.92 Å². The van der Waals surface area contributed by atoms with E-state index in [2.05, 4.69) is 12.2 Å². The van der Waals surface area contributed by atoms with Crippen LogP contribution >= 0.6 is 0 Å². The molecule has 2 atom stereocenters. The lowest BCUT2D eigenvalue weighted by molar-refractivity contribution is -0.137. The molecule has 0 saturated heterocycles. The van der Waals surface area contributed by atoms with Gasteiger partial charge in [0.25, 0.3) is 0 Å². The third kappa shape index (κ3) is 10.8. The summed E-state index contributed by atoms with van der Waals surface area (Å²) in [5, 5.41) is 12.4. The molecule has 2 N–H and O–H groups in total. The molecule has 0 spiro atoms. The highest BCUT2D eigenvalue weighted by Gasteiger charge is 2.25. The molecule has 1 aliphatic rings. The van der Waals surface area contributed by atoms with Gasteiger partial charge in [0, 0.05) is 12.5 Å². The zero-order valence-corrected chi connectivity index (χ0v) is 15.3. The van der Waals surface area contributed by atoms with E-state index < -0.39 is 5.97 Å². The molecule has 0 aliphatic heterocycles. The van der Waals surface area contributed by atoms with Crippen LogP contribution in [0.4, 0.5) is 0 Å². The first-order valence-electron chi connectivity index (χ1n) is 10.2. The zero-order valence-electron chi connectivity index (χ0n) is 15.3. The van der Waals surface area contributed by atoms with Crippen LogP contribution in [0.15, 0.2) is 0 Å². The van der Waals surface area contributed by atoms with Crippen LogP contribution in [0.3, 0.4) is 0 Å². The Labute approximate surface area is 143 Å². The normalized spacial score (nSPS) is 20.9. The van der Waals surface area contributed by atoms with E-state index in [1.54, 1.807) is 0 Å². The largest absolute Gasteiger partial charge is 0.481 e. The second-order valence-corrected chi connectivity index (χ2v) is 7.37. The van der Waals surface area contributed by atoms with E-state index in [1.165, 1.54) is 83.6 Å². The summed E-state index contributed by atoms with van der Waals surface area (Å²) in [6, 6.07) is 0.754. The first-order chi connectivity index (χ1) is 11.2. The van der Waals surface area contributed by atoms with Gasteiger partial charge in [-0.15, -0.1) is 0 Å². The summed E-state index contributed by atoms with van der Waals surface area (Å²) in [6.07, 6.45) is 18.5. The van der Waals surface area contributed by atoms with Crippen molar-refractivity contribution < 1.29 is 9.90 Å². The molecule has 1 rings (SSSR count). The standard InChI is InChI=1S/C20H39NO2/c1-2-3-4-5-8-11-17-21-19-15-12-14-18(19)13-9-6-7-10-16-20(22)23/h18-19,21H,2-17H2,1H3,(H,22,23)/t18-,19+/m1/s1. The number of carboxylic acid groups (broad SMARTS) is 1. The lowest BCUT2D eigenvalue weighted by atomic mass is 9.95. The first kappa shape index (κ1) is 20.5. The van der Waals surface area contributed by atoms with E-state index >= 15 is 0 Å². The summed E-state index contributed by atoms with van der Waals surface area (Å²) in [7, 11) is 0. The van der Waals surface area contributed by atoms with Crippen molar-refractivity contribution in [3.05, 3.63) is 0 Å². The second kappa shape index (κ2) is 13.8. The fraction of sp³-hybridized carbons (Fsp3) is 0.950. The lowest BCUT2D eigenvalue weighted by Gasteiger charge is -2.21. The van der Waals surface area contributed by atoms with E-state index in [0.29, 0.717) is 6.42 Å². The predicted octanol–water partition coefficient (Wildman–Crippen LogP) is 5.53. The first-order valence-corrected chi connectivity index (χ1v) is 10.2. The van der Waals surface area contributed by atoms with Gasteiger partial charge in [-0.2, -0.15) is 0 Å². The number of aliphatic carboxylic acids is 1. The maximum Gasteiger partial charge on any atom is 0.303 e. The topological polar surface area (TPSA) is 49.3 Å². The summed E-state index contributed by atoms with van der Waals surface area (Å²) in [6.45, 7) is 3.47. The minimum absolute atomic E-state index is 0.339. The number of unbranched alkanes of at least 4 members (excludes halogenated alkanes) is 8. The molecule has 23 heavy (non-hydrogen) atoms. The molecule has 0 heterocycles. The molecule has 3 heteroatoms. The van der Waals surface area contributed by atoms with Gasteiger partial charge in [0.05, 0.1) is 0 Å². The number of hydrogen-bond donors (Lipinski definition) is 2. The number of nitrogens with one attached hydrogen (secondary N) is 1. The maximum absolute atomic E-state index is 10.5. The van der Waals surface area contributed by atoms with Gasteiger partial charge in [0.2, 0.25) is 0 Å². The van der Waals surface area contributed by atoms with Gasteiger partial charge in [0.15, 0.2) is 0 Å². The monoisotopic (exact) mass is 325 g/mol. The summed E-state index contributed by atoms with van der Waals surface area (Å²) < 4.78 is 0. The Balaban J connectivity index is 1.97. The van der Waals surface area contributed by atoms with Crippen LogP contribution in [0.1, 0.15) is 103 Å². The Morgan fingerprint density at radius 3 is 2.43 bits per heavy atom. The molecule has 3 nitrogen and oxygen atoms in total. The third-order valence-electron chi connectivity index (χ3n) is 5.31. The molecule has 136 valence electrons. The molecule has 0 radical (unpaired) electrons. The average molecular weight is 326 g/mol. The SMILES string of the molecule is CCCCCCCCN[C@H]1CCC[C@H]1CCCCCCC(=O)O. The molecular weight excluding hydrogens is 286 g/mol. The van der Waals surface area contributed by atoms with E-state index in [9.17, 15) is 4.79 Å². The van der Waals surface area contributed by atoms with Crippen molar-refractivity contribution in [3.63, 3.8) is 0 Å². The van der Waals surface area contributed by atoms with Gasteiger partial charge in [-0.25, -0.2) is 0 Å². The van der Waals surface area contributed by atoms with Crippen LogP contribution in [0, 0.1) is 5.92 Å².